The van der Waals surface area contributed by atoms with Gasteiger partial charge in [0.05, 0.1) is 0 Å². The molecule has 18 heavy (non-hydrogen) atoms. The van der Waals surface area contributed by atoms with Gasteiger partial charge in [-0.1, -0.05) is 45.1 Å². The van der Waals surface area contributed by atoms with E-state index in [0.717, 1.165) is 6.54 Å². The second-order valence-electron chi connectivity index (χ2n) is 5.67. The zero-order valence-electron chi connectivity index (χ0n) is 12.2. The van der Waals surface area contributed by atoms with Crippen LogP contribution in [0.3, 0.4) is 0 Å². The van der Waals surface area contributed by atoms with Gasteiger partial charge in [0, 0.05) is 24.7 Å². The van der Waals surface area contributed by atoms with E-state index in [2.05, 4.69) is 42.8 Å². The third-order valence-corrected chi connectivity index (χ3v) is 3.58. The fourth-order valence-electron chi connectivity index (χ4n) is 2.64. The predicted molar refractivity (Wildman–Crippen MR) is 80.6 cm³/mol. The van der Waals surface area contributed by atoms with E-state index in [-0.39, 0.29) is 5.41 Å². The first-order valence-corrected chi connectivity index (χ1v) is 7.00. The van der Waals surface area contributed by atoms with Crippen molar-refractivity contribution >= 4 is 0 Å². The Kier molecular flexibility index (Phi) is 6.20. The van der Waals surface area contributed by atoms with Gasteiger partial charge in [-0.3, -0.25) is 0 Å². The van der Waals surface area contributed by atoms with Crippen LogP contribution in [0.25, 0.3) is 0 Å². The molecule has 0 atom stereocenters. The molecule has 1 saturated heterocycles. The van der Waals surface area contributed by atoms with Gasteiger partial charge in [-0.15, -0.1) is 0 Å². The molecule has 0 aromatic heterocycles. The topological polar surface area (TPSA) is 15.3 Å². The molecule has 1 aliphatic heterocycles. The maximum absolute atomic E-state index is 3.69. The highest BCUT2D eigenvalue weighted by Crippen LogP contribution is 2.26. The van der Waals surface area contributed by atoms with Gasteiger partial charge in [0.2, 0.25) is 0 Å². The Bertz CT molecular complexity index is 307. The number of hydrogen-bond donors (Lipinski definition) is 1. The number of nitrogens with zero attached hydrogens (tertiary/aromatic N) is 1. The summed E-state index contributed by atoms with van der Waals surface area (Å²) in [5, 5.41) is 3.34. The number of allylic oxidation sites excluding steroid dienone is 4. The smallest absolute Gasteiger partial charge is 0.0174 e. The third kappa shape index (κ3) is 4.69. The summed E-state index contributed by atoms with van der Waals surface area (Å²) >= 11 is 0. The molecule has 0 spiro atoms. The van der Waals surface area contributed by atoms with Gasteiger partial charge in [-0.25, -0.2) is 0 Å². The normalized spacial score (nSPS) is 19.2. The van der Waals surface area contributed by atoms with Gasteiger partial charge in [0.1, 0.15) is 0 Å². The highest BCUT2D eigenvalue weighted by molar-refractivity contribution is 5.19. The Labute approximate surface area is 112 Å². The highest BCUT2D eigenvalue weighted by Gasteiger charge is 2.26. The average Bonchev–Trinajstić information content (AvgIpc) is 2.35. The second kappa shape index (κ2) is 7.42. The van der Waals surface area contributed by atoms with Crippen LogP contribution in [0, 0.1) is 5.41 Å². The summed E-state index contributed by atoms with van der Waals surface area (Å²) in [4.78, 5) is 2.59. The van der Waals surface area contributed by atoms with Crippen molar-refractivity contribution in [3.05, 3.63) is 36.6 Å². The number of piperidine rings is 1. The monoisotopic (exact) mass is 248 g/mol. The lowest BCUT2D eigenvalue weighted by Crippen LogP contribution is -2.40. The van der Waals surface area contributed by atoms with Crippen LogP contribution < -0.4 is 5.32 Å². The van der Waals surface area contributed by atoms with Gasteiger partial charge < -0.3 is 10.2 Å². The van der Waals surface area contributed by atoms with Crippen molar-refractivity contribution in [2.75, 3.05) is 26.7 Å². The van der Waals surface area contributed by atoms with Crippen molar-refractivity contribution in [1.29, 1.82) is 0 Å². The molecule has 0 aromatic rings. The van der Waals surface area contributed by atoms with Crippen molar-refractivity contribution in [3.63, 3.8) is 0 Å². The molecule has 0 unspecified atom stereocenters. The van der Waals surface area contributed by atoms with E-state index in [1.165, 1.54) is 38.0 Å². The maximum Gasteiger partial charge on any atom is 0.0174 e. The summed E-state index contributed by atoms with van der Waals surface area (Å²) in [6.45, 7) is 11.9. The van der Waals surface area contributed by atoms with Crippen LogP contribution in [0.5, 0.6) is 0 Å². The van der Waals surface area contributed by atoms with Crippen LogP contribution in [0.15, 0.2) is 36.6 Å². The standard InChI is InChI=1S/C16H28N2/c1-5-6-8-11-15(17-4)16(2,3)14-18-12-9-7-10-13-18/h5-6,8,11,17H,1,7,9-10,12-14H2,2-4H3/b8-6-,15-11-. The molecule has 0 aliphatic carbocycles. The van der Waals surface area contributed by atoms with Crippen LogP contribution in [0.2, 0.25) is 0 Å². The quantitative estimate of drug-likeness (QED) is 0.725. The first-order chi connectivity index (χ1) is 8.60. The summed E-state index contributed by atoms with van der Waals surface area (Å²) in [7, 11) is 2.01. The molecule has 2 nitrogen and oxygen atoms in total. The number of hydrogen-bond acceptors (Lipinski definition) is 2. The lowest BCUT2D eigenvalue weighted by Gasteiger charge is -2.36. The van der Waals surface area contributed by atoms with E-state index in [4.69, 9.17) is 0 Å². The van der Waals surface area contributed by atoms with Gasteiger partial charge in [-0.05, 0) is 32.0 Å². The molecular weight excluding hydrogens is 220 g/mol. The summed E-state index contributed by atoms with van der Waals surface area (Å²) in [6.07, 6.45) is 12.1. The molecule has 1 fully saturated rings. The van der Waals surface area contributed by atoms with E-state index >= 15 is 0 Å². The summed E-state index contributed by atoms with van der Waals surface area (Å²) in [5.41, 5.74) is 1.45. The van der Waals surface area contributed by atoms with Gasteiger partial charge in [-0.2, -0.15) is 0 Å². The van der Waals surface area contributed by atoms with Crippen LogP contribution in [0.4, 0.5) is 0 Å². The van der Waals surface area contributed by atoms with E-state index < -0.39 is 0 Å². The first kappa shape index (κ1) is 15.0. The Morgan fingerprint density at radius 2 is 1.89 bits per heavy atom. The molecular formula is C16H28N2. The first-order valence-electron chi connectivity index (χ1n) is 7.00. The SMILES string of the molecule is C=C/C=C\C=C(/NC)C(C)(C)CN1CCCCC1. The molecule has 1 aliphatic rings. The fourth-order valence-corrected chi connectivity index (χ4v) is 2.64. The minimum atomic E-state index is 0.164. The second-order valence-corrected chi connectivity index (χ2v) is 5.67. The number of rotatable bonds is 6. The van der Waals surface area contributed by atoms with E-state index in [1.807, 2.05) is 13.1 Å². The van der Waals surface area contributed by atoms with Crippen molar-refractivity contribution in [2.45, 2.75) is 33.1 Å². The lowest BCUT2D eigenvalue weighted by molar-refractivity contribution is 0.169. The number of nitrogens with one attached hydrogen (secondary N) is 1. The van der Waals surface area contributed by atoms with Gasteiger partial charge in [0.25, 0.3) is 0 Å². The van der Waals surface area contributed by atoms with Crippen LogP contribution in [0.1, 0.15) is 33.1 Å². The minimum absolute atomic E-state index is 0.164. The van der Waals surface area contributed by atoms with E-state index in [9.17, 15) is 0 Å². The molecule has 1 heterocycles. The fraction of sp³-hybridized carbons (Fsp3) is 0.625. The molecule has 1 N–H and O–H groups in total. The summed E-state index contributed by atoms with van der Waals surface area (Å²) in [6, 6.07) is 0. The Morgan fingerprint density at radius 3 is 2.44 bits per heavy atom. The Hall–Kier alpha value is -1.02. The molecule has 102 valence electrons. The average molecular weight is 248 g/mol. The Balaban J connectivity index is 2.65. The van der Waals surface area contributed by atoms with Crippen molar-refractivity contribution in [1.82, 2.24) is 10.2 Å². The largest absolute Gasteiger partial charge is 0.391 e. The van der Waals surface area contributed by atoms with Crippen molar-refractivity contribution < 1.29 is 0 Å². The zero-order chi connectivity index (χ0) is 13.4. The minimum Gasteiger partial charge on any atom is -0.391 e. The molecule has 0 radical (unpaired) electrons. The van der Waals surface area contributed by atoms with Gasteiger partial charge >= 0.3 is 0 Å². The molecule has 2 heteroatoms. The molecule has 0 amide bonds. The van der Waals surface area contributed by atoms with Crippen molar-refractivity contribution in [2.24, 2.45) is 5.41 Å². The predicted octanol–water partition coefficient (Wildman–Crippen LogP) is 3.34. The van der Waals surface area contributed by atoms with Crippen LogP contribution >= 0.6 is 0 Å². The summed E-state index contributed by atoms with van der Waals surface area (Å²) < 4.78 is 0. The number of likely N-dealkylation sites (tertiary alicyclic amines) is 1. The van der Waals surface area contributed by atoms with E-state index in [1.54, 1.807) is 6.08 Å². The Morgan fingerprint density at radius 1 is 1.22 bits per heavy atom. The lowest BCUT2D eigenvalue weighted by atomic mass is 9.87. The molecule has 0 aromatic carbocycles. The molecule has 0 bridgehead atoms. The van der Waals surface area contributed by atoms with Crippen molar-refractivity contribution in [3.8, 4) is 0 Å². The molecule has 1 rings (SSSR count). The van der Waals surface area contributed by atoms with Gasteiger partial charge in [0.15, 0.2) is 0 Å². The highest BCUT2D eigenvalue weighted by atomic mass is 15.1. The van der Waals surface area contributed by atoms with E-state index in [0.29, 0.717) is 0 Å². The van der Waals surface area contributed by atoms with Crippen LogP contribution in [-0.4, -0.2) is 31.6 Å². The molecule has 0 saturated carbocycles. The third-order valence-electron chi connectivity index (χ3n) is 3.58. The maximum atomic E-state index is 3.69. The van der Waals surface area contributed by atoms with Crippen LogP contribution in [-0.2, 0) is 0 Å². The zero-order valence-corrected chi connectivity index (χ0v) is 12.2. The summed E-state index contributed by atoms with van der Waals surface area (Å²) in [5.74, 6) is 0.